The maximum Gasteiger partial charge on any atom is 0.228 e. The lowest BCUT2D eigenvalue weighted by atomic mass is 10.0. The lowest BCUT2D eigenvalue weighted by molar-refractivity contribution is -0.133. The molecule has 0 bridgehead atoms. The highest BCUT2D eigenvalue weighted by Gasteiger charge is 2.49. The molecule has 4 heteroatoms. The maximum atomic E-state index is 12.7. The van der Waals surface area contributed by atoms with E-state index < -0.39 is 0 Å². The van der Waals surface area contributed by atoms with E-state index in [2.05, 4.69) is 31.3 Å². The lowest BCUT2D eigenvalue weighted by Crippen LogP contribution is -2.29. The number of benzene rings is 2. The minimum atomic E-state index is -0.217. The second-order valence-electron chi connectivity index (χ2n) is 7.28. The summed E-state index contributed by atoms with van der Waals surface area (Å²) < 4.78 is 0. The van der Waals surface area contributed by atoms with Gasteiger partial charge in [0.25, 0.3) is 0 Å². The van der Waals surface area contributed by atoms with Gasteiger partial charge in [0.05, 0.1) is 11.8 Å². The average molecular weight is 364 g/mol. The number of carbonyl (C=O) groups is 2. The molecular weight excluding hydrogens is 336 g/mol. The molecule has 0 saturated heterocycles. The van der Waals surface area contributed by atoms with E-state index in [-0.39, 0.29) is 23.7 Å². The summed E-state index contributed by atoms with van der Waals surface area (Å²) in [5, 5.41) is 3.11. The number of hydrogen-bond donors (Lipinski definition) is 1. The van der Waals surface area contributed by atoms with E-state index in [1.165, 1.54) is 0 Å². The third kappa shape index (κ3) is 4.38. The zero-order valence-electron chi connectivity index (χ0n) is 16.4. The van der Waals surface area contributed by atoms with Crippen LogP contribution in [0.5, 0.6) is 0 Å². The standard InChI is InChI=1S/C23H28N2O2/c1-4-17-12-9-13-18(5-2)21(17)24-22(26)19-14-20(19)23(27)25(3)15-16-10-7-6-8-11-16/h6-13,19-20H,4-5,14-15H2,1-3H3,(H,24,26). The van der Waals surface area contributed by atoms with Gasteiger partial charge in [-0.05, 0) is 36.0 Å². The molecule has 2 unspecified atom stereocenters. The van der Waals surface area contributed by atoms with Crippen LogP contribution < -0.4 is 5.32 Å². The number of anilines is 1. The Bertz CT molecular complexity index is 794. The van der Waals surface area contributed by atoms with Gasteiger partial charge in [0.2, 0.25) is 11.8 Å². The predicted octanol–water partition coefficient (Wildman–Crippen LogP) is 4.04. The van der Waals surface area contributed by atoms with Crippen molar-refractivity contribution in [2.24, 2.45) is 11.8 Å². The summed E-state index contributed by atoms with van der Waals surface area (Å²) in [6.07, 6.45) is 2.38. The highest BCUT2D eigenvalue weighted by molar-refractivity contribution is 6.00. The SMILES string of the molecule is CCc1cccc(CC)c1NC(=O)C1CC1C(=O)N(C)Cc1ccccc1. The quantitative estimate of drug-likeness (QED) is 0.806. The first-order valence-electron chi connectivity index (χ1n) is 9.75. The van der Waals surface area contributed by atoms with Crippen LogP contribution in [0.4, 0.5) is 5.69 Å². The van der Waals surface area contributed by atoms with Gasteiger partial charge in [0.1, 0.15) is 0 Å². The van der Waals surface area contributed by atoms with E-state index in [9.17, 15) is 9.59 Å². The number of carbonyl (C=O) groups excluding carboxylic acids is 2. The van der Waals surface area contributed by atoms with Gasteiger partial charge in [-0.3, -0.25) is 9.59 Å². The zero-order chi connectivity index (χ0) is 19.4. The molecule has 1 aliphatic rings. The zero-order valence-corrected chi connectivity index (χ0v) is 16.4. The van der Waals surface area contributed by atoms with E-state index in [1.54, 1.807) is 4.90 Å². The Labute approximate surface area is 161 Å². The summed E-state index contributed by atoms with van der Waals surface area (Å²) in [5.74, 6) is -0.390. The monoisotopic (exact) mass is 364 g/mol. The van der Waals surface area contributed by atoms with Crippen LogP contribution in [0.15, 0.2) is 48.5 Å². The molecule has 1 fully saturated rings. The topological polar surface area (TPSA) is 49.4 Å². The Morgan fingerprint density at radius 2 is 1.59 bits per heavy atom. The molecule has 2 atom stereocenters. The van der Waals surface area contributed by atoms with Crippen molar-refractivity contribution < 1.29 is 9.59 Å². The van der Waals surface area contributed by atoms with Crippen LogP contribution in [-0.4, -0.2) is 23.8 Å². The molecule has 2 aromatic rings. The molecule has 1 N–H and O–H groups in total. The Morgan fingerprint density at radius 1 is 0.963 bits per heavy atom. The molecule has 2 amide bonds. The van der Waals surface area contributed by atoms with Crippen molar-refractivity contribution >= 4 is 17.5 Å². The van der Waals surface area contributed by atoms with Crippen molar-refractivity contribution in [3.05, 3.63) is 65.2 Å². The van der Waals surface area contributed by atoms with Crippen molar-refractivity contribution in [2.75, 3.05) is 12.4 Å². The first kappa shape index (κ1) is 19.2. The Balaban J connectivity index is 1.61. The fraction of sp³-hybridized carbons (Fsp3) is 0.391. The van der Waals surface area contributed by atoms with Gasteiger partial charge >= 0.3 is 0 Å². The largest absolute Gasteiger partial charge is 0.341 e. The molecule has 1 aliphatic carbocycles. The van der Waals surface area contributed by atoms with E-state index >= 15 is 0 Å². The van der Waals surface area contributed by atoms with Crippen LogP contribution >= 0.6 is 0 Å². The number of hydrogen-bond acceptors (Lipinski definition) is 2. The molecule has 0 spiro atoms. The second kappa shape index (κ2) is 8.38. The first-order chi connectivity index (χ1) is 13.0. The number of rotatable bonds is 7. The van der Waals surface area contributed by atoms with Crippen LogP contribution in [0, 0.1) is 11.8 Å². The summed E-state index contributed by atoms with van der Waals surface area (Å²) in [6.45, 7) is 4.75. The van der Waals surface area contributed by atoms with Gasteiger partial charge in [-0.2, -0.15) is 0 Å². The normalized spacial score (nSPS) is 18.0. The molecule has 0 aromatic heterocycles. The Hall–Kier alpha value is -2.62. The molecule has 2 aromatic carbocycles. The fourth-order valence-corrected chi connectivity index (χ4v) is 3.59. The number of amides is 2. The minimum absolute atomic E-state index is 0.0305. The van der Waals surface area contributed by atoms with E-state index in [4.69, 9.17) is 0 Å². The number of nitrogens with zero attached hydrogens (tertiary/aromatic N) is 1. The lowest BCUT2D eigenvalue weighted by Gasteiger charge is -2.18. The van der Waals surface area contributed by atoms with Crippen LogP contribution in [0.2, 0.25) is 0 Å². The van der Waals surface area contributed by atoms with Gasteiger partial charge in [0.15, 0.2) is 0 Å². The third-order valence-corrected chi connectivity index (χ3v) is 5.33. The van der Waals surface area contributed by atoms with E-state index in [0.717, 1.165) is 35.2 Å². The molecule has 1 saturated carbocycles. The molecule has 3 rings (SSSR count). The number of nitrogens with one attached hydrogen (secondary N) is 1. The average Bonchev–Trinajstić information content (AvgIpc) is 3.49. The van der Waals surface area contributed by atoms with Crippen molar-refractivity contribution in [1.82, 2.24) is 4.90 Å². The Morgan fingerprint density at radius 3 is 2.19 bits per heavy atom. The van der Waals surface area contributed by atoms with E-state index in [1.807, 2.05) is 43.4 Å². The first-order valence-corrected chi connectivity index (χ1v) is 9.75. The van der Waals surface area contributed by atoms with Crippen LogP contribution in [0.25, 0.3) is 0 Å². The smallest absolute Gasteiger partial charge is 0.228 e. The van der Waals surface area contributed by atoms with Crippen molar-refractivity contribution in [2.45, 2.75) is 39.7 Å². The molecule has 4 nitrogen and oxygen atoms in total. The van der Waals surface area contributed by atoms with Crippen molar-refractivity contribution in [3.8, 4) is 0 Å². The summed E-state index contributed by atoms with van der Waals surface area (Å²) in [4.78, 5) is 27.1. The summed E-state index contributed by atoms with van der Waals surface area (Å²) >= 11 is 0. The van der Waals surface area contributed by atoms with Crippen LogP contribution in [0.3, 0.4) is 0 Å². The highest BCUT2D eigenvalue weighted by atomic mass is 16.2. The summed E-state index contributed by atoms with van der Waals surface area (Å²) in [5.41, 5.74) is 4.32. The summed E-state index contributed by atoms with van der Waals surface area (Å²) in [7, 11) is 1.81. The van der Waals surface area contributed by atoms with Gasteiger partial charge in [-0.15, -0.1) is 0 Å². The van der Waals surface area contributed by atoms with Gasteiger partial charge in [-0.1, -0.05) is 62.4 Å². The van der Waals surface area contributed by atoms with Crippen molar-refractivity contribution in [1.29, 1.82) is 0 Å². The van der Waals surface area contributed by atoms with Gasteiger partial charge in [-0.25, -0.2) is 0 Å². The molecule has 0 radical (unpaired) electrons. The van der Waals surface area contributed by atoms with E-state index in [0.29, 0.717) is 13.0 Å². The van der Waals surface area contributed by atoms with Gasteiger partial charge < -0.3 is 10.2 Å². The fourth-order valence-electron chi connectivity index (χ4n) is 3.59. The molecule has 0 aliphatic heterocycles. The highest BCUT2D eigenvalue weighted by Crippen LogP contribution is 2.41. The Kier molecular flexibility index (Phi) is 5.94. The van der Waals surface area contributed by atoms with Crippen molar-refractivity contribution in [3.63, 3.8) is 0 Å². The molecular formula is C23H28N2O2. The van der Waals surface area contributed by atoms with Crippen LogP contribution in [0.1, 0.15) is 37.0 Å². The third-order valence-electron chi connectivity index (χ3n) is 5.33. The summed E-state index contributed by atoms with van der Waals surface area (Å²) in [6, 6.07) is 16.1. The molecule has 27 heavy (non-hydrogen) atoms. The van der Waals surface area contributed by atoms with Gasteiger partial charge in [0, 0.05) is 19.3 Å². The maximum absolute atomic E-state index is 12.7. The predicted molar refractivity (Wildman–Crippen MR) is 108 cm³/mol. The molecule has 0 heterocycles. The number of aryl methyl sites for hydroxylation is 2. The minimum Gasteiger partial charge on any atom is -0.341 e. The van der Waals surface area contributed by atoms with Crippen LogP contribution in [-0.2, 0) is 29.0 Å². The second-order valence-corrected chi connectivity index (χ2v) is 7.28. The molecule has 142 valence electrons. The number of para-hydroxylation sites is 1.